The number of hydrogen-bond acceptors (Lipinski definition) is 5. The SMILES string of the molecule is CC(=O)OC1=C(O)CCOO1. The van der Waals surface area contributed by atoms with Gasteiger partial charge in [0.2, 0.25) is 0 Å². The van der Waals surface area contributed by atoms with Crippen molar-refractivity contribution in [2.45, 2.75) is 13.3 Å². The Morgan fingerprint density at radius 2 is 2.45 bits per heavy atom. The number of aliphatic hydroxyl groups is 1. The van der Waals surface area contributed by atoms with Crippen LogP contribution in [0.5, 0.6) is 0 Å². The summed E-state index contributed by atoms with van der Waals surface area (Å²) in [4.78, 5) is 19.2. The summed E-state index contributed by atoms with van der Waals surface area (Å²) >= 11 is 0. The fourth-order valence-electron chi connectivity index (χ4n) is 0.590. The molecule has 0 bridgehead atoms. The Labute approximate surface area is 63.1 Å². The van der Waals surface area contributed by atoms with Gasteiger partial charge in [0.05, 0.1) is 0 Å². The molecule has 0 aliphatic carbocycles. The van der Waals surface area contributed by atoms with Gasteiger partial charge in [-0.1, -0.05) is 0 Å². The molecule has 1 heterocycles. The molecule has 0 saturated heterocycles. The van der Waals surface area contributed by atoms with Crippen LogP contribution in [-0.2, 0) is 19.3 Å². The van der Waals surface area contributed by atoms with Crippen molar-refractivity contribution >= 4 is 5.97 Å². The van der Waals surface area contributed by atoms with Crippen LogP contribution in [0, 0.1) is 0 Å². The van der Waals surface area contributed by atoms with E-state index in [1.165, 1.54) is 6.92 Å². The molecule has 1 rings (SSSR count). The summed E-state index contributed by atoms with van der Waals surface area (Å²) in [5.41, 5.74) is 0. The molecule has 1 N–H and O–H groups in total. The molecule has 62 valence electrons. The van der Waals surface area contributed by atoms with E-state index in [2.05, 4.69) is 14.5 Å². The first kappa shape index (κ1) is 7.87. The van der Waals surface area contributed by atoms with Crippen molar-refractivity contribution in [3.8, 4) is 0 Å². The van der Waals surface area contributed by atoms with Gasteiger partial charge in [-0.15, -0.1) is 0 Å². The first-order valence-electron chi connectivity index (χ1n) is 3.10. The van der Waals surface area contributed by atoms with Gasteiger partial charge in [0, 0.05) is 13.3 Å². The van der Waals surface area contributed by atoms with Crippen LogP contribution < -0.4 is 0 Å². The van der Waals surface area contributed by atoms with Crippen molar-refractivity contribution in [3.05, 3.63) is 11.7 Å². The zero-order valence-corrected chi connectivity index (χ0v) is 5.99. The summed E-state index contributed by atoms with van der Waals surface area (Å²) in [6, 6.07) is 0. The maximum absolute atomic E-state index is 10.4. The van der Waals surface area contributed by atoms with Crippen LogP contribution in [0.25, 0.3) is 0 Å². The van der Waals surface area contributed by atoms with E-state index in [1.807, 2.05) is 0 Å². The molecule has 11 heavy (non-hydrogen) atoms. The molecule has 0 saturated carbocycles. The third-order valence-corrected chi connectivity index (χ3v) is 1.03. The average molecular weight is 160 g/mol. The highest BCUT2D eigenvalue weighted by atomic mass is 17.2. The van der Waals surface area contributed by atoms with Crippen LogP contribution in [0.15, 0.2) is 11.7 Å². The standard InChI is InChI=1S/C6H8O5/c1-4(7)10-6-5(8)2-3-9-11-6/h8H,2-3H2,1H3. The number of aliphatic hydroxyl groups excluding tert-OH is 1. The Morgan fingerprint density at radius 1 is 1.73 bits per heavy atom. The van der Waals surface area contributed by atoms with Gasteiger partial charge in [-0.25, -0.2) is 0 Å². The zero-order chi connectivity index (χ0) is 8.27. The van der Waals surface area contributed by atoms with Crippen LogP contribution in [0.4, 0.5) is 0 Å². The van der Waals surface area contributed by atoms with Crippen molar-refractivity contribution in [2.24, 2.45) is 0 Å². The molecule has 0 radical (unpaired) electrons. The maximum atomic E-state index is 10.4. The van der Waals surface area contributed by atoms with Gasteiger partial charge < -0.3 is 9.84 Å². The van der Waals surface area contributed by atoms with Gasteiger partial charge in [-0.05, 0) is 0 Å². The lowest BCUT2D eigenvalue weighted by atomic mass is 10.4. The normalized spacial score (nSPS) is 17.5. The Kier molecular flexibility index (Phi) is 2.32. The Morgan fingerprint density at radius 3 is 3.00 bits per heavy atom. The minimum atomic E-state index is -0.558. The largest absolute Gasteiger partial charge is 0.505 e. The molecule has 5 nitrogen and oxygen atoms in total. The monoisotopic (exact) mass is 160 g/mol. The number of hydrogen-bond donors (Lipinski definition) is 1. The van der Waals surface area contributed by atoms with Crippen LogP contribution in [0.2, 0.25) is 0 Å². The van der Waals surface area contributed by atoms with Crippen molar-refractivity contribution in [2.75, 3.05) is 6.61 Å². The minimum absolute atomic E-state index is 0.105. The average Bonchev–Trinajstić information content (AvgIpc) is 1.93. The number of ether oxygens (including phenoxy) is 1. The maximum Gasteiger partial charge on any atom is 0.362 e. The van der Waals surface area contributed by atoms with Gasteiger partial charge in [0.15, 0.2) is 5.76 Å². The van der Waals surface area contributed by atoms with Gasteiger partial charge in [-0.2, -0.15) is 4.89 Å². The van der Waals surface area contributed by atoms with Crippen molar-refractivity contribution in [3.63, 3.8) is 0 Å². The fourth-order valence-corrected chi connectivity index (χ4v) is 0.590. The molecule has 0 aromatic heterocycles. The van der Waals surface area contributed by atoms with E-state index >= 15 is 0 Å². The predicted molar refractivity (Wildman–Crippen MR) is 33.1 cm³/mol. The van der Waals surface area contributed by atoms with Crippen molar-refractivity contribution in [1.29, 1.82) is 0 Å². The quantitative estimate of drug-likeness (QED) is 0.450. The summed E-state index contributed by atoms with van der Waals surface area (Å²) in [7, 11) is 0. The van der Waals surface area contributed by atoms with Crippen LogP contribution in [-0.4, -0.2) is 17.7 Å². The second kappa shape index (κ2) is 3.25. The van der Waals surface area contributed by atoms with Crippen molar-refractivity contribution < 1.29 is 24.4 Å². The van der Waals surface area contributed by atoms with Crippen LogP contribution in [0.1, 0.15) is 13.3 Å². The summed E-state index contributed by atoms with van der Waals surface area (Å²) in [6.07, 6.45) is 0.294. The number of esters is 1. The number of rotatable bonds is 1. The number of carbonyl (C=O) groups is 1. The van der Waals surface area contributed by atoms with Gasteiger partial charge in [-0.3, -0.25) is 9.68 Å². The zero-order valence-electron chi connectivity index (χ0n) is 5.99. The van der Waals surface area contributed by atoms with Crippen LogP contribution in [0.3, 0.4) is 0 Å². The third kappa shape index (κ3) is 2.12. The highest BCUT2D eigenvalue weighted by Crippen LogP contribution is 2.15. The minimum Gasteiger partial charge on any atom is -0.505 e. The first-order chi connectivity index (χ1) is 5.20. The lowest BCUT2D eigenvalue weighted by molar-refractivity contribution is -0.302. The molecule has 0 spiro atoms. The van der Waals surface area contributed by atoms with Gasteiger partial charge in [0.1, 0.15) is 6.61 Å². The second-order valence-electron chi connectivity index (χ2n) is 1.98. The highest BCUT2D eigenvalue weighted by molar-refractivity contribution is 5.67. The topological polar surface area (TPSA) is 65.0 Å². The van der Waals surface area contributed by atoms with E-state index in [0.717, 1.165) is 0 Å². The summed E-state index contributed by atoms with van der Waals surface area (Å²) in [5, 5.41) is 9.02. The molecular weight excluding hydrogens is 152 g/mol. The van der Waals surface area contributed by atoms with Crippen LogP contribution >= 0.6 is 0 Å². The molecule has 0 aromatic carbocycles. The second-order valence-corrected chi connectivity index (χ2v) is 1.98. The van der Waals surface area contributed by atoms with E-state index in [9.17, 15) is 4.79 Å². The predicted octanol–water partition coefficient (Wildman–Crippen LogP) is 0.628. The molecule has 0 amide bonds. The Bertz CT molecular complexity index is 195. The molecule has 0 aromatic rings. The first-order valence-corrected chi connectivity index (χ1v) is 3.10. The summed E-state index contributed by atoms with van der Waals surface area (Å²) < 4.78 is 4.45. The lowest BCUT2D eigenvalue weighted by Gasteiger charge is -2.13. The molecule has 0 atom stereocenters. The summed E-state index contributed by atoms with van der Waals surface area (Å²) in [5.74, 6) is -0.924. The molecule has 5 heteroatoms. The van der Waals surface area contributed by atoms with E-state index < -0.39 is 5.97 Å². The van der Waals surface area contributed by atoms with Crippen molar-refractivity contribution in [1.82, 2.24) is 0 Å². The van der Waals surface area contributed by atoms with E-state index in [-0.39, 0.29) is 18.3 Å². The lowest BCUT2D eigenvalue weighted by Crippen LogP contribution is -2.13. The third-order valence-electron chi connectivity index (χ3n) is 1.03. The molecule has 0 fully saturated rings. The molecule has 1 aliphatic heterocycles. The van der Waals surface area contributed by atoms with Gasteiger partial charge >= 0.3 is 11.9 Å². The van der Waals surface area contributed by atoms with E-state index in [0.29, 0.717) is 6.42 Å². The fraction of sp³-hybridized carbons (Fsp3) is 0.500. The molecular formula is C6H8O5. The smallest absolute Gasteiger partial charge is 0.362 e. The van der Waals surface area contributed by atoms with E-state index in [4.69, 9.17) is 5.11 Å². The van der Waals surface area contributed by atoms with Gasteiger partial charge in [0.25, 0.3) is 0 Å². The Balaban J connectivity index is 2.59. The van der Waals surface area contributed by atoms with E-state index in [1.54, 1.807) is 0 Å². The Hall–Kier alpha value is -1.23. The molecule has 0 unspecified atom stereocenters. The molecule has 1 aliphatic rings. The summed E-state index contributed by atoms with van der Waals surface area (Å²) in [6.45, 7) is 1.47. The highest BCUT2D eigenvalue weighted by Gasteiger charge is 2.17. The number of carbonyl (C=O) groups excluding carboxylic acids is 1.